The molecule has 1 fully saturated rings. The smallest absolute Gasteiger partial charge is 0.261 e. The summed E-state index contributed by atoms with van der Waals surface area (Å²) < 4.78 is 5.45. The van der Waals surface area contributed by atoms with E-state index in [1.807, 2.05) is 32.0 Å². The maximum atomic E-state index is 13.1. The fourth-order valence-corrected chi connectivity index (χ4v) is 4.41. The molecule has 27 heavy (non-hydrogen) atoms. The van der Waals surface area contributed by atoms with Gasteiger partial charge in [-0.3, -0.25) is 9.59 Å². The molecule has 1 saturated heterocycles. The number of nitrogens with zero attached hydrogens (tertiary/aromatic N) is 2. The van der Waals surface area contributed by atoms with Gasteiger partial charge < -0.3 is 15.0 Å². The lowest BCUT2D eigenvalue weighted by Crippen LogP contribution is -2.37. The van der Waals surface area contributed by atoms with E-state index < -0.39 is 0 Å². The van der Waals surface area contributed by atoms with E-state index >= 15 is 0 Å². The number of nitrogens with one attached hydrogen (secondary N) is 1. The third kappa shape index (κ3) is 3.44. The Hall–Kier alpha value is -2.38. The monoisotopic (exact) mass is 383 g/mol. The molecule has 1 atom stereocenters. The fourth-order valence-electron chi connectivity index (χ4n) is 3.37. The number of hydrogen-bond acceptors (Lipinski definition) is 5. The largest absolute Gasteiger partial charge is 0.368 e. The summed E-state index contributed by atoms with van der Waals surface area (Å²) in [4.78, 5) is 32.5. The second-order valence-electron chi connectivity index (χ2n) is 6.90. The summed E-state index contributed by atoms with van der Waals surface area (Å²) in [6, 6.07) is 9.20. The molecule has 1 unspecified atom stereocenters. The summed E-state index contributed by atoms with van der Waals surface area (Å²) in [5.41, 5.74) is 2.11. The molecule has 0 spiro atoms. The number of fused-ring (bicyclic) bond motifs is 2. The summed E-state index contributed by atoms with van der Waals surface area (Å²) in [6.45, 7) is 4.60. The first-order chi connectivity index (χ1) is 13.0. The van der Waals surface area contributed by atoms with Gasteiger partial charge in [0.1, 0.15) is 11.1 Å². The summed E-state index contributed by atoms with van der Waals surface area (Å²) in [5, 5.41) is 3.61. The summed E-state index contributed by atoms with van der Waals surface area (Å²) >= 11 is 1.45. The molecule has 4 rings (SSSR count). The van der Waals surface area contributed by atoms with Crippen LogP contribution in [0.2, 0.25) is 0 Å². The van der Waals surface area contributed by atoms with Crippen molar-refractivity contribution in [1.29, 1.82) is 0 Å². The third-order valence-corrected chi connectivity index (χ3v) is 5.72. The molecule has 0 bridgehead atoms. The summed E-state index contributed by atoms with van der Waals surface area (Å²) in [5.74, 6) is -0.183. The van der Waals surface area contributed by atoms with Gasteiger partial charge >= 0.3 is 0 Å². The van der Waals surface area contributed by atoms with Crippen LogP contribution in [0.3, 0.4) is 0 Å². The van der Waals surface area contributed by atoms with E-state index in [-0.39, 0.29) is 24.0 Å². The lowest BCUT2D eigenvalue weighted by molar-refractivity contribution is -0.124. The van der Waals surface area contributed by atoms with E-state index in [0.29, 0.717) is 22.9 Å². The summed E-state index contributed by atoms with van der Waals surface area (Å²) in [7, 11) is 0. The number of pyridine rings is 1. The average molecular weight is 383 g/mol. The fraction of sp³-hybridized carbons (Fsp3) is 0.350. The van der Waals surface area contributed by atoms with E-state index in [2.05, 4.69) is 10.3 Å². The zero-order valence-electron chi connectivity index (χ0n) is 15.3. The molecule has 6 nitrogen and oxygen atoms in total. The second kappa shape index (κ2) is 7.32. The lowest BCUT2D eigenvalue weighted by Gasteiger charge is -2.27. The highest BCUT2D eigenvalue weighted by molar-refractivity contribution is 7.99. The molecule has 1 N–H and O–H groups in total. The van der Waals surface area contributed by atoms with Crippen LogP contribution in [-0.2, 0) is 9.53 Å². The first-order valence-corrected chi connectivity index (χ1v) is 9.89. The first kappa shape index (κ1) is 18.0. The van der Waals surface area contributed by atoms with Gasteiger partial charge in [0.15, 0.2) is 0 Å². The summed E-state index contributed by atoms with van der Waals surface area (Å²) in [6.07, 6.45) is 2.96. The minimum atomic E-state index is -0.382. The molecule has 2 aliphatic rings. The Morgan fingerprint density at radius 2 is 2.22 bits per heavy atom. The van der Waals surface area contributed by atoms with Crippen LogP contribution in [0.25, 0.3) is 0 Å². The van der Waals surface area contributed by atoms with E-state index in [1.165, 1.54) is 11.8 Å². The first-order valence-electron chi connectivity index (χ1n) is 9.07. The lowest BCUT2D eigenvalue weighted by atomic mass is 10.1. The van der Waals surface area contributed by atoms with Crippen molar-refractivity contribution in [3.8, 4) is 0 Å². The number of benzene rings is 1. The van der Waals surface area contributed by atoms with Gasteiger partial charge in [-0.15, -0.1) is 0 Å². The number of amides is 2. The van der Waals surface area contributed by atoms with Crippen LogP contribution in [0, 0.1) is 0 Å². The number of rotatable bonds is 3. The standard InChI is InChI=1S/C20H21N3O3S/c1-12(2)23-15-8-7-13(22-18(24)16-6-4-10-26-16)11-17(15)27-19-14(20(23)25)5-3-9-21-19/h3,5,7-9,11-12,16H,4,6,10H2,1-2H3,(H,22,24). The highest BCUT2D eigenvalue weighted by atomic mass is 32.2. The van der Waals surface area contributed by atoms with Gasteiger partial charge in [0.05, 0.1) is 11.3 Å². The van der Waals surface area contributed by atoms with Crippen molar-refractivity contribution in [2.45, 2.75) is 48.8 Å². The van der Waals surface area contributed by atoms with Crippen LogP contribution in [0.5, 0.6) is 0 Å². The number of carbonyl (C=O) groups excluding carboxylic acids is 2. The van der Waals surface area contributed by atoms with E-state index in [4.69, 9.17) is 4.74 Å². The molecule has 2 aromatic rings. The molecular weight excluding hydrogens is 362 g/mol. The predicted octanol–water partition coefficient (Wildman–Crippen LogP) is 3.72. The molecule has 0 aliphatic carbocycles. The van der Waals surface area contributed by atoms with Crippen LogP contribution in [-0.4, -0.2) is 35.6 Å². The number of anilines is 2. The van der Waals surface area contributed by atoms with Crippen LogP contribution in [0.1, 0.15) is 37.0 Å². The van der Waals surface area contributed by atoms with Crippen molar-refractivity contribution in [2.24, 2.45) is 0 Å². The molecule has 0 radical (unpaired) electrons. The molecule has 7 heteroatoms. The van der Waals surface area contributed by atoms with Gasteiger partial charge in [0.2, 0.25) is 0 Å². The Kier molecular flexibility index (Phi) is 4.88. The van der Waals surface area contributed by atoms with Crippen LogP contribution >= 0.6 is 11.8 Å². The molecule has 140 valence electrons. The maximum Gasteiger partial charge on any atom is 0.261 e. The molecule has 2 aliphatic heterocycles. The van der Waals surface area contributed by atoms with Gasteiger partial charge in [-0.2, -0.15) is 0 Å². The Bertz CT molecular complexity index is 894. The molecule has 0 saturated carbocycles. The highest BCUT2D eigenvalue weighted by Crippen LogP contribution is 2.42. The molecule has 1 aromatic carbocycles. The van der Waals surface area contributed by atoms with Crippen LogP contribution in [0.15, 0.2) is 46.5 Å². The number of carbonyl (C=O) groups is 2. The minimum Gasteiger partial charge on any atom is -0.368 e. The molecule has 3 heterocycles. The van der Waals surface area contributed by atoms with E-state index in [9.17, 15) is 9.59 Å². The van der Waals surface area contributed by atoms with Gasteiger partial charge in [-0.1, -0.05) is 11.8 Å². The average Bonchev–Trinajstić information content (AvgIpc) is 3.15. The van der Waals surface area contributed by atoms with E-state index in [0.717, 1.165) is 23.4 Å². The van der Waals surface area contributed by atoms with Crippen LogP contribution in [0.4, 0.5) is 11.4 Å². The highest BCUT2D eigenvalue weighted by Gasteiger charge is 2.30. The van der Waals surface area contributed by atoms with Gasteiger partial charge in [-0.05, 0) is 57.0 Å². The van der Waals surface area contributed by atoms with Crippen molar-refractivity contribution >= 4 is 35.0 Å². The van der Waals surface area contributed by atoms with Crippen LogP contribution < -0.4 is 10.2 Å². The Labute approximate surface area is 162 Å². The SMILES string of the molecule is CC(C)N1C(=O)c2cccnc2Sc2cc(NC(=O)C3CCCO3)ccc21. The maximum absolute atomic E-state index is 13.1. The molecule has 2 amide bonds. The minimum absolute atomic E-state index is 0.00432. The molecular formula is C20H21N3O3S. The van der Waals surface area contributed by atoms with Gasteiger partial charge in [-0.25, -0.2) is 4.98 Å². The molecule has 1 aromatic heterocycles. The topological polar surface area (TPSA) is 71.5 Å². The van der Waals surface area contributed by atoms with Gasteiger partial charge in [0.25, 0.3) is 11.8 Å². The van der Waals surface area contributed by atoms with Crippen molar-refractivity contribution in [3.05, 3.63) is 42.1 Å². The van der Waals surface area contributed by atoms with Crippen molar-refractivity contribution in [2.75, 3.05) is 16.8 Å². The second-order valence-corrected chi connectivity index (χ2v) is 7.93. The van der Waals surface area contributed by atoms with Gasteiger partial charge in [0, 0.05) is 29.4 Å². The number of ether oxygens (including phenoxy) is 1. The third-order valence-electron chi connectivity index (χ3n) is 4.65. The number of hydrogen-bond donors (Lipinski definition) is 1. The number of aromatic nitrogens is 1. The zero-order valence-corrected chi connectivity index (χ0v) is 16.1. The van der Waals surface area contributed by atoms with Crippen molar-refractivity contribution in [3.63, 3.8) is 0 Å². The zero-order chi connectivity index (χ0) is 19.0. The Morgan fingerprint density at radius 1 is 1.37 bits per heavy atom. The normalized spacial score (nSPS) is 18.9. The van der Waals surface area contributed by atoms with Crippen molar-refractivity contribution < 1.29 is 14.3 Å². The predicted molar refractivity (Wildman–Crippen MR) is 104 cm³/mol. The van der Waals surface area contributed by atoms with E-state index in [1.54, 1.807) is 23.2 Å². The Balaban J connectivity index is 1.70. The Morgan fingerprint density at radius 3 is 2.96 bits per heavy atom. The van der Waals surface area contributed by atoms with Crippen molar-refractivity contribution in [1.82, 2.24) is 4.98 Å². The quantitative estimate of drug-likeness (QED) is 0.875.